The van der Waals surface area contributed by atoms with Crippen molar-refractivity contribution in [2.75, 3.05) is 20.8 Å². The van der Waals surface area contributed by atoms with Crippen LogP contribution in [0.1, 0.15) is 12.8 Å². The second-order valence-electron chi connectivity index (χ2n) is 7.36. The van der Waals surface area contributed by atoms with Gasteiger partial charge >= 0.3 is 0 Å². The van der Waals surface area contributed by atoms with Crippen LogP contribution in [0, 0.1) is 0 Å². The molecule has 5 rings (SSSR count). The van der Waals surface area contributed by atoms with Gasteiger partial charge in [0.05, 0.1) is 32.1 Å². The predicted octanol–water partition coefficient (Wildman–Crippen LogP) is 2.49. The van der Waals surface area contributed by atoms with E-state index in [9.17, 15) is 4.79 Å². The number of rotatable bonds is 8. The molecule has 12 nitrogen and oxygen atoms in total. The Morgan fingerprint density at radius 3 is 2.57 bits per heavy atom. The highest BCUT2D eigenvalue weighted by molar-refractivity contribution is 5.70. The van der Waals surface area contributed by atoms with Crippen molar-refractivity contribution in [1.29, 1.82) is 0 Å². The minimum atomic E-state index is -0.381. The smallest absolute Gasteiger partial charge is 0.284 e. The fraction of sp³-hybridized carbons (Fsp3) is 0.217. The first-order valence-corrected chi connectivity index (χ1v) is 10.7. The van der Waals surface area contributed by atoms with Gasteiger partial charge in [-0.15, -0.1) is 5.10 Å². The highest BCUT2D eigenvalue weighted by Crippen LogP contribution is 2.31. The molecule has 35 heavy (non-hydrogen) atoms. The van der Waals surface area contributed by atoms with Crippen LogP contribution in [0.5, 0.6) is 17.2 Å². The highest BCUT2D eigenvalue weighted by atomic mass is 16.5. The number of methoxy groups -OCH3 is 2. The summed E-state index contributed by atoms with van der Waals surface area (Å²) in [6, 6.07) is 12.5. The van der Waals surface area contributed by atoms with Gasteiger partial charge in [0.15, 0.2) is 11.2 Å². The number of nitrogens with zero attached hydrogens (tertiary/aromatic N) is 7. The van der Waals surface area contributed by atoms with Crippen LogP contribution in [-0.4, -0.2) is 55.5 Å². The summed E-state index contributed by atoms with van der Waals surface area (Å²) in [6.07, 6.45) is 1.40. The summed E-state index contributed by atoms with van der Waals surface area (Å²) in [6.45, 7) is 2.50. The SMILES string of the molecule is CCOc1ccc(-n2nnc3c(=O)n(Cc4nc(-c5ccc(OC)cc5OC)no4)cnc32)cc1. The summed E-state index contributed by atoms with van der Waals surface area (Å²) in [5.41, 5.74) is 1.41. The molecule has 3 heterocycles. The van der Waals surface area contributed by atoms with Crippen LogP contribution in [0.25, 0.3) is 28.2 Å². The van der Waals surface area contributed by atoms with Gasteiger partial charge in [-0.05, 0) is 43.3 Å². The van der Waals surface area contributed by atoms with Crippen LogP contribution in [0.15, 0.2) is 58.1 Å². The van der Waals surface area contributed by atoms with Crippen LogP contribution in [0.4, 0.5) is 0 Å². The van der Waals surface area contributed by atoms with Gasteiger partial charge in [-0.2, -0.15) is 9.67 Å². The summed E-state index contributed by atoms with van der Waals surface area (Å²) in [4.78, 5) is 21.8. The molecule has 0 unspecified atom stereocenters. The van der Waals surface area contributed by atoms with E-state index in [1.54, 1.807) is 32.4 Å². The molecule has 2 aromatic carbocycles. The van der Waals surface area contributed by atoms with Gasteiger partial charge in [0, 0.05) is 6.07 Å². The van der Waals surface area contributed by atoms with E-state index in [1.165, 1.54) is 15.6 Å². The Morgan fingerprint density at radius 2 is 1.83 bits per heavy atom. The van der Waals surface area contributed by atoms with Crippen LogP contribution in [0.3, 0.4) is 0 Å². The maximum absolute atomic E-state index is 13.0. The van der Waals surface area contributed by atoms with Crippen molar-refractivity contribution in [2.45, 2.75) is 13.5 Å². The van der Waals surface area contributed by atoms with E-state index < -0.39 is 0 Å². The minimum absolute atomic E-state index is 0.0170. The van der Waals surface area contributed by atoms with Crippen molar-refractivity contribution < 1.29 is 18.7 Å². The summed E-state index contributed by atoms with van der Waals surface area (Å²) in [5.74, 6) is 2.45. The topological polar surface area (TPSA) is 132 Å². The monoisotopic (exact) mass is 475 g/mol. The Hall–Kier alpha value is -4.74. The van der Waals surface area contributed by atoms with Gasteiger partial charge in [0.2, 0.25) is 11.7 Å². The van der Waals surface area contributed by atoms with Crippen molar-refractivity contribution in [3.05, 3.63) is 65.0 Å². The van der Waals surface area contributed by atoms with Gasteiger partial charge < -0.3 is 18.7 Å². The van der Waals surface area contributed by atoms with Crippen molar-refractivity contribution >= 4 is 11.2 Å². The molecule has 0 radical (unpaired) electrons. The Kier molecular flexibility index (Phi) is 5.83. The molecule has 12 heteroatoms. The lowest BCUT2D eigenvalue weighted by Gasteiger charge is -2.07. The van der Waals surface area contributed by atoms with Crippen molar-refractivity contribution in [2.24, 2.45) is 0 Å². The number of aromatic nitrogens is 7. The lowest BCUT2D eigenvalue weighted by molar-refractivity contribution is 0.340. The van der Waals surface area contributed by atoms with Crippen LogP contribution in [0.2, 0.25) is 0 Å². The van der Waals surface area contributed by atoms with Crippen LogP contribution in [-0.2, 0) is 6.54 Å². The Bertz CT molecular complexity index is 1540. The summed E-state index contributed by atoms with van der Waals surface area (Å²) >= 11 is 0. The Morgan fingerprint density at radius 1 is 1.03 bits per heavy atom. The van der Waals surface area contributed by atoms with E-state index in [0.29, 0.717) is 40.8 Å². The Labute approximate surface area is 198 Å². The third-order valence-corrected chi connectivity index (χ3v) is 5.25. The maximum atomic E-state index is 13.0. The predicted molar refractivity (Wildman–Crippen MR) is 124 cm³/mol. The van der Waals surface area contributed by atoms with Gasteiger partial charge in [-0.25, -0.2) is 4.98 Å². The maximum Gasteiger partial charge on any atom is 0.284 e. The van der Waals surface area contributed by atoms with E-state index in [-0.39, 0.29) is 23.5 Å². The molecule has 178 valence electrons. The summed E-state index contributed by atoms with van der Waals surface area (Å²) < 4.78 is 24.3. The minimum Gasteiger partial charge on any atom is -0.497 e. The number of hydrogen-bond acceptors (Lipinski definition) is 10. The molecule has 0 fully saturated rings. The molecule has 0 atom stereocenters. The molecule has 0 saturated heterocycles. The van der Waals surface area contributed by atoms with Gasteiger partial charge in [-0.1, -0.05) is 10.4 Å². The van der Waals surface area contributed by atoms with E-state index in [1.807, 2.05) is 31.2 Å². The largest absolute Gasteiger partial charge is 0.497 e. The van der Waals surface area contributed by atoms with E-state index >= 15 is 0 Å². The molecule has 0 amide bonds. The van der Waals surface area contributed by atoms with Crippen molar-refractivity contribution in [3.8, 4) is 34.3 Å². The Balaban J connectivity index is 1.42. The van der Waals surface area contributed by atoms with Gasteiger partial charge in [0.1, 0.15) is 30.1 Å². The molecular formula is C23H21N7O5. The molecule has 3 aromatic heterocycles. The second kappa shape index (κ2) is 9.25. The third kappa shape index (κ3) is 4.16. The lowest BCUT2D eigenvalue weighted by atomic mass is 10.2. The fourth-order valence-corrected chi connectivity index (χ4v) is 3.54. The molecule has 0 N–H and O–H groups in total. The van der Waals surface area contributed by atoms with Gasteiger partial charge in [-0.3, -0.25) is 9.36 Å². The second-order valence-corrected chi connectivity index (χ2v) is 7.36. The lowest BCUT2D eigenvalue weighted by Crippen LogP contribution is -2.21. The van der Waals surface area contributed by atoms with Crippen molar-refractivity contribution in [3.63, 3.8) is 0 Å². The zero-order valence-electron chi connectivity index (χ0n) is 19.2. The van der Waals surface area contributed by atoms with Crippen LogP contribution >= 0.6 is 0 Å². The zero-order chi connectivity index (χ0) is 24.4. The fourth-order valence-electron chi connectivity index (χ4n) is 3.54. The van der Waals surface area contributed by atoms with E-state index in [4.69, 9.17) is 18.7 Å². The average molecular weight is 475 g/mol. The summed E-state index contributed by atoms with van der Waals surface area (Å²) in [5, 5.41) is 12.2. The van der Waals surface area contributed by atoms with Gasteiger partial charge in [0.25, 0.3) is 5.56 Å². The standard InChI is InChI=1S/C23H21N7O5/c1-4-34-15-7-5-14(6-8-15)30-22-20(26-28-30)23(31)29(13-24-22)12-19-25-21(27-35-19)17-10-9-16(32-2)11-18(17)33-3/h5-11,13H,4,12H2,1-3H3. The first kappa shape index (κ1) is 22.1. The molecule has 0 aliphatic rings. The molecule has 0 aliphatic carbocycles. The first-order valence-electron chi connectivity index (χ1n) is 10.7. The zero-order valence-corrected chi connectivity index (χ0v) is 19.2. The number of hydrogen-bond donors (Lipinski definition) is 0. The molecule has 0 saturated carbocycles. The molecule has 0 spiro atoms. The molecule has 0 aliphatic heterocycles. The number of fused-ring (bicyclic) bond motifs is 1. The molecule has 0 bridgehead atoms. The normalized spacial score (nSPS) is 11.1. The number of ether oxygens (including phenoxy) is 3. The molecule has 5 aromatic rings. The first-order chi connectivity index (χ1) is 17.1. The quantitative estimate of drug-likeness (QED) is 0.330. The highest BCUT2D eigenvalue weighted by Gasteiger charge is 2.17. The summed E-state index contributed by atoms with van der Waals surface area (Å²) in [7, 11) is 3.11. The number of benzene rings is 2. The van der Waals surface area contributed by atoms with E-state index in [0.717, 1.165) is 5.75 Å². The third-order valence-electron chi connectivity index (χ3n) is 5.25. The average Bonchev–Trinajstić information content (AvgIpc) is 3.54. The van der Waals surface area contributed by atoms with Crippen molar-refractivity contribution in [1.82, 2.24) is 34.7 Å². The molecular weight excluding hydrogens is 454 g/mol. The van der Waals surface area contributed by atoms with Crippen LogP contribution < -0.4 is 19.8 Å². The van der Waals surface area contributed by atoms with E-state index in [2.05, 4.69) is 25.4 Å².